The Bertz CT molecular complexity index is 1590. The molecule has 0 atom stereocenters. The number of benzene rings is 3. The summed E-state index contributed by atoms with van der Waals surface area (Å²) in [6.07, 6.45) is 2.85. The van der Waals surface area contributed by atoms with Crippen LogP contribution in [0.15, 0.2) is 67.0 Å². The highest BCUT2D eigenvalue weighted by molar-refractivity contribution is 6.40. The van der Waals surface area contributed by atoms with Gasteiger partial charge in [-0.2, -0.15) is 0 Å². The Balaban J connectivity index is 1.72. The Labute approximate surface area is 222 Å². The largest absolute Gasteiger partial charge is 0.497 e. The zero-order valence-electron chi connectivity index (χ0n) is 19.3. The van der Waals surface area contributed by atoms with Crippen LogP contribution in [0, 0.1) is 0 Å². The molecule has 5 rings (SSSR count). The van der Waals surface area contributed by atoms with Crippen molar-refractivity contribution in [1.82, 2.24) is 9.55 Å². The molecule has 0 radical (unpaired) electrons. The highest BCUT2D eigenvalue weighted by Crippen LogP contribution is 2.39. The molecule has 9 heteroatoms. The number of rotatable bonds is 6. The number of pyridine rings is 1. The van der Waals surface area contributed by atoms with Crippen LogP contribution in [-0.2, 0) is 6.54 Å². The average molecular weight is 541 g/mol. The lowest BCUT2D eigenvalue weighted by atomic mass is 10.0. The quantitative estimate of drug-likeness (QED) is 0.243. The number of amides is 1. The first kappa shape index (κ1) is 24.3. The summed E-state index contributed by atoms with van der Waals surface area (Å²) in [6.45, 7) is 0.537. The monoisotopic (exact) mass is 539 g/mol. The van der Waals surface area contributed by atoms with Crippen LogP contribution in [0.4, 0.5) is 5.69 Å². The lowest BCUT2D eigenvalue weighted by molar-refractivity contribution is 0.102. The van der Waals surface area contributed by atoms with E-state index in [9.17, 15) is 4.79 Å². The van der Waals surface area contributed by atoms with Gasteiger partial charge in [0, 0.05) is 45.8 Å². The molecule has 1 N–H and O–H groups in total. The van der Waals surface area contributed by atoms with Gasteiger partial charge < -0.3 is 19.4 Å². The Morgan fingerprint density at radius 1 is 0.944 bits per heavy atom. The molecule has 0 spiro atoms. The van der Waals surface area contributed by atoms with Crippen molar-refractivity contribution >= 4 is 68.2 Å². The highest BCUT2D eigenvalue weighted by Gasteiger charge is 2.23. The smallest absolute Gasteiger partial charge is 0.256 e. The van der Waals surface area contributed by atoms with E-state index in [4.69, 9.17) is 44.3 Å². The van der Waals surface area contributed by atoms with Crippen LogP contribution in [0.1, 0.15) is 15.9 Å². The number of nitrogens with zero attached hydrogens (tertiary/aromatic N) is 2. The summed E-state index contributed by atoms with van der Waals surface area (Å²) in [6, 6.07) is 17.0. The van der Waals surface area contributed by atoms with Crippen LogP contribution >= 0.6 is 34.8 Å². The second kappa shape index (κ2) is 9.90. The number of nitrogens with one attached hydrogen (secondary N) is 1. The molecule has 0 aliphatic rings. The highest BCUT2D eigenvalue weighted by atomic mass is 35.5. The molecule has 2 heterocycles. The standard InChI is InChI=1S/C27H20Cl3N3O3/c1-35-17-6-3-15(4-7-17)14-33-22-9-5-16(28)11-19(22)24-18(8-10-23(36-2)26(24)33)27(34)32-25-20(29)12-31-13-21(25)30/h3-13H,14H2,1-2H3,(H,31,32,34). The van der Waals surface area contributed by atoms with E-state index in [1.165, 1.54) is 12.4 Å². The van der Waals surface area contributed by atoms with Gasteiger partial charge in [-0.1, -0.05) is 46.9 Å². The van der Waals surface area contributed by atoms with E-state index in [0.29, 0.717) is 34.0 Å². The fourth-order valence-corrected chi connectivity index (χ4v) is 4.95. The number of hydrogen-bond donors (Lipinski definition) is 1. The third-order valence-corrected chi connectivity index (χ3v) is 6.79. The van der Waals surface area contributed by atoms with Crippen LogP contribution in [0.3, 0.4) is 0 Å². The maximum Gasteiger partial charge on any atom is 0.256 e. The van der Waals surface area contributed by atoms with E-state index in [2.05, 4.69) is 14.9 Å². The molecular formula is C27H20Cl3N3O3. The molecule has 182 valence electrons. The number of anilines is 1. The number of ether oxygens (including phenoxy) is 2. The first-order chi connectivity index (χ1) is 17.4. The molecule has 0 saturated heterocycles. The maximum atomic E-state index is 13.6. The minimum absolute atomic E-state index is 0.241. The molecule has 5 aromatic rings. The third-order valence-electron chi connectivity index (χ3n) is 5.99. The van der Waals surface area contributed by atoms with Crippen molar-refractivity contribution in [2.75, 3.05) is 19.5 Å². The van der Waals surface area contributed by atoms with Crippen LogP contribution in [0.25, 0.3) is 21.8 Å². The molecular weight excluding hydrogens is 521 g/mol. The predicted molar refractivity (Wildman–Crippen MR) is 145 cm³/mol. The first-order valence-electron chi connectivity index (χ1n) is 10.9. The van der Waals surface area contributed by atoms with Crippen LogP contribution < -0.4 is 14.8 Å². The molecule has 0 aliphatic heterocycles. The van der Waals surface area contributed by atoms with Crippen LogP contribution in [-0.4, -0.2) is 29.7 Å². The van der Waals surface area contributed by atoms with E-state index in [1.807, 2.05) is 42.5 Å². The predicted octanol–water partition coefficient (Wildman–Crippen LogP) is 7.47. The Kier molecular flexibility index (Phi) is 6.67. The Morgan fingerprint density at radius 2 is 1.67 bits per heavy atom. The molecule has 0 bridgehead atoms. The van der Waals surface area contributed by atoms with Gasteiger partial charge in [0.15, 0.2) is 0 Å². The number of methoxy groups -OCH3 is 2. The Morgan fingerprint density at radius 3 is 2.33 bits per heavy atom. The molecule has 0 fully saturated rings. The van der Waals surface area contributed by atoms with Crippen molar-refractivity contribution in [3.05, 3.63) is 93.2 Å². The van der Waals surface area contributed by atoms with Gasteiger partial charge in [0.25, 0.3) is 5.91 Å². The van der Waals surface area contributed by atoms with Gasteiger partial charge in [-0.3, -0.25) is 9.78 Å². The van der Waals surface area contributed by atoms with Crippen LogP contribution in [0.5, 0.6) is 11.5 Å². The fraction of sp³-hybridized carbons (Fsp3) is 0.111. The number of aromatic nitrogens is 2. The SMILES string of the molecule is COc1ccc(Cn2c3ccc(Cl)cc3c3c(C(=O)Nc4c(Cl)cncc4Cl)ccc(OC)c32)cc1. The van der Waals surface area contributed by atoms with Gasteiger partial charge in [0.2, 0.25) is 0 Å². The molecule has 36 heavy (non-hydrogen) atoms. The second-order valence-corrected chi connectivity index (χ2v) is 9.32. The summed E-state index contributed by atoms with van der Waals surface area (Å²) >= 11 is 18.9. The van der Waals surface area contributed by atoms with Gasteiger partial charge in [0.1, 0.15) is 11.5 Å². The second-order valence-electron chi connectivity index (χ2n) is 8.07. The minimum atomic E-state index is -0.374. The van der Waals surface area contributed by atoms with Gasteiger partial charge in [0.05, 0.1) is 35.5 Å². The summed E-state index contributed by atoms with van der Waals surface area (Å²) in [5.74, 6) is 1.03. The summed E-state index contributed by atoms with van der Waals surface area (Å²) in [5.41, 5.74) is 3.45. The van der Waals surface area contributed by atoms with Gasteiger partial charge in [-0.25, -0.2) is 0 Å². The van der Waals surface area contributed by atoms with Gasteiger partial charge in [-0.05, 0) is 48.0 Å². The van der Waals surface area contributed by atoms with E-state index in [-0.39, 0.29) is 16.0 Å². The molecule has 2 aromatic heterocycles. The van der Waals surface area contributed by atoms with Crippen molar-refractivity contribution in [3.8, 4) is 11.5 Å². The number of fused-ring (bicyclic) bond motifs is 3. The third kappa shape index (κ3) is 4.32. The molecule has 0 aliphatic carbocycles. The van der Waals surface area contributed by atoms with E-state index < -0.39 is 0 Å². The van der Waals surface area contributed by atoms with E-state index >= 15 is 0 Å². The molecule has 0 saturated carbocycles. The molecule has 3 aromatic carbocycles. The van der Waals surface area contributed by atoms with Gasteiger partial charge >= 0.3 is 0 Å². The summed E-state index contributed by atoms with van der Waals surface area (Å²) < 4.78 is 13.1. The minimum Gasteiger partial charge on any atom is -0.497 e. The topological polar surface area (TPSA) is 65.4 Å². The van der Waals surface area contributed by atoms with Gasteiger partial charge in [-0.15, -0.1) is 0 Å². The van der Waals surface area contributed by atoms with Crippen molar-refractivity contribution in [3.63, 3.8) is 0 Å². The van der Waals surface area contributed by atoms with E-state index in [1.54, 1.807) is 26.4 Å². The van der Waals surface area contributed by atoms with E-state index in [0.717, 1.165) is 27.7 Å². The number of carbonyl (C=O) groups is 1. The Hall–Kier alpha value is -3.45. The summed E-state index contributed by atoms with van der Waals surface area (Å²) in [7, 11) is 3.24. The molecule has 0 unspecified atom stereocenters. The zero-order valence-corrected chi connectivity index (χ0v) is 21.6. The normalized spacial score (nSPS) is 11.1. The number of hydrogen-bond acceptors (Lipinski definition) is 4. The lowest BCUT2D eigenvalue weighted by Crippen LogP contribution is -2.13. The summed E-state index contributed by atoms with van der Waals surface area (Å²) in [5, 5.41) is 5.40. The van der Waals surface area contributed by atoms with Crippen molar-refractivity contribution in [2.24, 2.45) is 0 Å². The van der Waals surface area contributed by atoms with Crippen LogP contribution in [0.2, 0.25) is 15.1 Å². The van der Waals surface area contributed by atoms with Crippen molar-refractivity contribution < 1.29 is 14.3 Å². The van der Waals surface area contributed by atoms with Crippen molar-refractivity contribution in [1.29, 1.82) is 0 Å². The number of carbonyl (C=O) groups excluding carboxylic acids is 1. The molecule has 1 amide bonds. The molecule has 6 nitrogen and oxygen atoms in total. The zero-order chi connectivity index (χ0) is 25.4. The average Bonchev–Trinajstić information content (AvgIpc) is 3.19. The lowest BCUT2D eigenvalue weighted by Gasteiger charge is -2.13. The fourth-order valence-electron chi connectivity index (χ4n) is 4.32. The maximum absolute atomic E-state index is 13.6. The number of halogens is 3. The van der Waals surface area contributed by atoms with Crippen molar-refractivity contribution in [2.45, 2.75) is 6.54 Å². The summed E-state index contributed by atoms with van der Waals surface area (Å²) in [4.78, 5) is 17.5. The first-order valence-corrected chi connectivity index (χ1v) is 12.1.